The van der Waals surface area contributed by atoms with Crippen LogP contribution < -0.4 is 19.5 Å². The molecule has 0 saturated heterocycles. The highest BCUT2D eigenvalue weighted by atomic mass is 19.1. The van der Waals surface area contributed by atoms with Gasteiger partial charge in [0.1, 0.15) is 17.3 Å². The van der Waals surface area contributed by atoms with Crippen LogP contribution in [0.25, 0.3) is 0 Å². The molecule has 2 aromatic carbocycles. The molecule has 0 aromatic heterocycles. The first-order valence-corrected chi connectivity index (χ1v) is 7.09. The predicted molar refractivity (Wildman–Crippen MR) is 84.6 cm³/mol. The average molecular weight is 337 g/mol. The Bertz CT molecular complexity index is 737. The van der Waals surface area contributed by atoms with Crippen LogP contribution in [-0.2, 0) is 4.79 Å². The molecular formula is C17H17F2NO4. The number of carbonyl (C=O) groups excluding carboxylic acids is 1. The second-order valence-corrected chi connectivity index (χ2v) is 4.89. The number of rotatable bonds is 6. The second-order valence-electron chi connectivity index (χ2n) is 4.89. The van der Waals surface area contributed by atoms with E-state index in [0.29, 0.717) is 23.3 Å². The van der Waals surface area contributed by atoms with Gasteiger partial charge in [-0.1, -0.05) is 0 Å². The van der Waals surface area contributed by atoms with Gasteiger partial charge in [0.15, 0.2) is 17.7 Å². The summed E-state index contributed by atoms with van der Waals surface area (Å²) in [6.45, 7) is 1.45. The van der Waals surface area contributed by atoms with Crippen LogP contribution in [0, 0.1) is 11.6 Å². The molecule has 0 aliphatic rings. The molecule has 1 atom stereocenters. The summed E-state index contributed by atoms with van der Waals surface area (Å²) in [5.74, 6) is -1.34. The molecule has 0 bridgehead atoms. The van der Waals surface area contributed by atoms with Crippen molar-refractivity contribution in [2.24, 2.45) is 0 Å². The van der Waals surface area contributed by atoms with Gasteiger partial charge in [-0.2, -0.15) is 0 Å². The van der Waals surface area contributed by atoms with Crippen LogP contribution in [0.4, 0.5) is 14.5 Å². The summed E-state index contributed by atoms with van der Waals surface area (Å²) in [7, 11) is 2.97. The number of methoxy groups -OCH3 is 2. The van der Waals surface area contributed by atoms with Crippen molar-refractivity contribution in [3.05, 3.63) is 48.0 Å². The number of ether oxygens (including phenoxy) is 3. The zero-order valence-corrected chi connectivity index (χ0v) is 13.4. The smallest absolute Gasteiger partial charge is 0.265 e. The van der Waals surface area contributed by atoms with E-state index in [1.807, 2.05) is 0 Å². The molecule has 128 valence electrons. The molecule has 0 radical (unpaired) electrons. The normalized spacial score (nSPS) is 11.5. The molecule has 1 unspecified atom stereocenters. The number of nitrogens with one attached hydrogen (secondary N) is 1. The molecule has 1 N–H and O–H groups in total. The summed E-state index contributed by atoms with van der Waals surface area (Å²) in [6.07, 6.45) is -1.00. The van der Waals surface area contributed by atoms with Gasteiger partial charge in [-0.15, -0.1) is 0 Å². The maximum absolute atomic E-state index is 13.6. The molecule has 7 heteroatoms. The standard InChI is InChI=1S/C17H17F2NO4/c1-10(24-15-7-4-11(18)8-13(15)19)17(21)20-14-6-5-12(22-2)9-16(14)23-3/h4-10H,1-3H3,(H,20,21). The third kappa shape index (κ3) is 4.13. The van der Waals surface area contributed by atoms with Crippen molar-refractivity contribution >= 4 is 11.6 Å². The predicted octanol–water partition coefficient (Wildman–Crippen LogP) is 3.39. The zero-order valence-electron chi connectivity index (χ0n) is 13.4. The van der Waals surface area contributed by atoms with Crippen molar-refractivity contribution in [3.63, 3.8) is 0 Å². The van der Waals surface area contributed by atoms with Gasteiger partial charge in [0.2, 0.25) is 0 Å². The lowest BCUT2D eigenvalue weighted by Gasteiger charge is -2.17. The lowest BCUT2D eigenvalue weighted by atomic mass is 10.2. The van der Waals surface area contributed by atoms with E-state index in [1.165, 1.54) is 21.1 Å². The van der Waals surface area contributed by atoms with Gasteiger partial charge in [-0.3, -0.25) is 4.79 Å². The number of halogens is 2. The van der Waals surface area contributed by atoms with Crippen LogP contribution in [0.15, 0.2) is 36.4 Å². The number of amides is 1. The molecule has 2 rings (SSSR count). The molecule has 5 nitrogen and oxygen atoms in total. The van der Waals surface area contributed by atoms with Crippen LogP contribution in [0.5, 0.6) is 17.2 Å². The van der Waals surface area contributed by atoms with Crippen LogP contribution in [0.3, 0.4) is 0 Å². The highest BCUT2D eigenvalue weighted by Gasteiger charge is 2.18. The highest BCUT2D eigenvalue weighted by Crippen LogP contribution is 2.29. The maximum atomic E-state index is 13.6. The minimum Gasteiger partial charge on any atom is -0.497 e. The van der Waals surface area contributed by atoms with Crippen molar-refractivity contribution in [1.82, 2.24) is 0 Å². The monoisotopic (exact) mass is 337 g/mol. The summed E-state index contributed by atoms with van der Waals surface area (Å²) in [5, 5.41) is 2.62. The number of carbonyl (C=O) groups is 1. The third-order valence-electron chi connectivity index (χ3n) is 3.23. The highest BCUT2D eigenvalue weighted by molar-refractivity contribution is 5.95. The van der Waals surface area contributed by atoms with Crippen molar-refractivity contribution in [2.45, 2.75) is 13.0 Å². The number of hydrogen-bond acceptors (Lipinski definition) is 4. The fourth-order valence-electron chi connectivity index (χ4n) is 1.95. The van der Waals surface area contributed by atoms with Crippen molar-refractivity contribution in [1.29, 1.82) is 0 Å². The summed E-state index contributed by atoms with van der Waals surface area (Å²) >= 11 is 0. The molecule has 2 aromatic rings. The minimum absolute atomic E-state index is 0.208. The molecule has 0 saturated carbocycles. The average Bonchev–Trinajstić information content (AvgIpc) is 2.57. The van der Waals surface area contributed by atoms with Crippen LogP contribution in [0.2, 0.25) is 0 Å². The molecule has 0 fully saturated rings. The van der Waals surface area contributed by atoms with Gasteiger partial charge in [0.25, 0.3) is 5.91 Å². The van der Waals surface area contributed by atoms with Gasteiger partial charge in [-0.05, 0) is 31.2 Å². The lowest BCUT2D eigenvalue weighted by molar-refractivity contribution is -0.122. The summed E-state index contributed by atoms with van der Waals surface area (Å²) in [6, 6.07) is 7.75. The summed E-state index contributed by atoms with van der Waals surface area (Å²) in [4.78, 5) is 12.2. The van der Waals surface area contributed by atoms with E-state index in [9.17, 15) is 13.6 Å². The topological polar surface area (TPSA) is 56.8 Å². The van der Waals surface area contributed by atoms with Gasteiger partial charge < -0.3 is 19.5 Å². The lowest BCUT2D eigenvalue weighted by Crippen LogP contribution is -2.30. The Balaban J connectivity index is 2.08. The van der Waals surface area contributed by atoms with Crippen molar-refractivity contribution in [3.8, 4) is 17.2 Å². The Hall–Kier alpha value is -2.83. The largest absolute Gasteiger partial charge is 0.497 e. The van der Waals surface area contributed by atoms with E-state index in [-0.39, 0.29) is 5.75 Å². The van der Waals surface area contributed by atoms with E-state index in [4.69, 9.17) is 14.2 Å². The van der Waals surface area contributed by atoms with E-state index in [0.717, 1.165) is 12.1 Å². The quantitative estimate of drug-likeness (QED) is 0.878. The zero-order chi connectivity index (χ0) is 17.7. The fourth-order valence-corrected chi connectivity index (χ4v) is 1.95. The Morgan fingerprint density at radius 3 is 2.42 bits per heavy atom. The Kier molecular flexibility index (Phi) is 5.57. The van der Waals surface area contributed by atoms with Crippen LogP contribution >= 0.6 is 0 Å². The Morgan fingerprint density at radius 1 is 1.04 bits per heavy atom. The first-order valence-electron chi connectivity index (χ1n) is 7.09. The summed E-state index contributed by atoms with van der Waals surface area (Å²) in [5.41, 5.74) is 0.415. The van der Waals surface area contributed by atoms with Crippen molar-refractivity contribution in [2.75, 3.05) is 19.5 Å². The van der Waals surface area contributed by atoms with Gasteiger partial charge in [0, 0.05) is 12.1 Å². The van der Waals surface area contributed by atoms with Crippen LogP contribution in [0.1, 0.15) is 6.92 Å². The van der Waals surface area contributed by atoms with E-state index >= 15 is 0 Å². The second kappa shape index (κ2) is 7.63. The van der Waals surface area contributed by atoms with Gasteiger partial charge in [-0.25, -0.2) is 8.78 Å². The molecule has 0 aliphatic heterocycles. The molecule has 24 heavy (non-hydrogen) atoms. The van der Waals surface area contributed by atoms with Crippen molar-refractivity contribution < 1.29 is 27.8 Å². The SMILES string of the molecule is COc1ccc(NC(=O)C(C)Oc2ccc(F)cc2F)c(OC)c1. The molecular weight excluding hydrogens is 320 g/mol. The van der Waals surface area contributed by atoms with Crippen LogP contribution in [-0.4, -0.2) is 26.2 Å². The number of benzene rings is 2. The Labute approximate surface area is 138 Å². The maximum Gasteiger partial charge on any atom is 0.265 e. The van der Waals surface area contributed by atoms with E-state index in [2.05, 4.69) is 5.32 Å². The molecule has 1 amide bonds. The molecule has 0 aliphatic carbocycles. The first kappa shape index (κ1) is 17.5. The van der Waals surface area contributed by atoms with Gasteiger partial charge in [0.05, 0.1) is 19.9 Å². The number of anilines is 1. The minimum atomic E-state index is -1.00. The van der Waals surface area contributed by atoms with Gasteiger partial charge >= 0.3 is 0 Å². The number of hydrogen-bond donors (Lipinski definition) is 1. The van der Waals surface area contributed by atoms with E-state index < -0.39 is 23.6 Å². The molecule has 0 heterocycles. The third-order valence-corrected chi connectivity index (χ3v) is 3.23. The van der Waals surface area contributed by atoms with E-state index in [1.54, 1.807) is 18.2 Å². The molecule has 0 spiro atoms. The fraction of sp³-hybridized carbons (Fsp3) is 0.235. The first-order chi connectivity index (χ1) is 11.4. The summed E-state index contributed by atoms with van der Waals surface area (Å²) < 4.78 is 41.9. The Morgan fingerprint density at radius 2 is 1.79 bits per heavy atom.